The summed E-state index contributed by atoms with van der Waals surface area (Å²) in [7, 11) is 1.96. The zero-order chi connectivity index (χ0) is 17.2. The fourth-order valence-electron chi connectivity index (χ4n) is 2.83. The average molecular weight is 349 g/mol. The van der Waals surface area contributed by atoms with Gasteiger partial charge in [0.25, 0.3) is 5.91 Å². The first-order valence-electron chi connectivity index (χ1n) is 7.78. The number of aromatic nitrogens is 4. The monoisotopic (exact) mass is 349 g/mol. The number of rotatable bonds is 4. The van der Waals surface area contributed by atoms with Crippen LogP contribution in [0.2, 0.25) is 0 Å². The van der Waals surface area contributed by atoms with Crippen molar-refractivity contribution in [3.05, 3.63) is 77.1 Å². The largest absolute Gasteiger partial charge is 0.337 e. The summed E-state index contributed by atoms with van der Waals surface area (Å²) in [6, 6.07) is 17.3. The quantitative estimate of drug-likeness (QED) is 0.615. The van der Waals surface area contributed by atoms with Crippen LogP contribution in [0.3, 0.4) is 0 Å². The zero-order valence-electron chi connectivity index (χ0n) is 13.5. The van der Waals surface area contributed by atoms with Crippen molar-refractivity contribution >= 4 is 28.5 Å². The summed E-state index contributed by atoms with van der Waals surface area (Å²) in [5.74, 6) is 0.499. The van der Waals surface area contributed by atoms with Crippen LogP contribution in [-0.2, 0) is 7.05 Å². The minimum absolute atomic E-state index is 0.269. The highest BCUT2D eigenvalue weighted by Crippen LogP contribution is 2.25. The molecule has 0 saturated carbocycles. The van der Waals surface area contributed by atoms with Crippen LogP contribution in [0, 0.1) is 0 Å². The van der Waals surface area contributed by atoms with E-state index in [1.165, 1.54) is 0 Å². The number of imidazole rings is 1. The second kappa shape index (κ2) is 6.45. The molecule has 0 aliphatic carbocycles. The third kappa shape index (κ3) is 2.89. The Morgan fingerprint density at radius 1 is 1.12 bits per heavy atom. The van der Waals surface area contributed by atoms with Crippen molar-refractivity contribution in [3.8, 4) is 0 Å². The lowest BCUT2D eigenvalue weighted by molar-refractivity contribution is 0.0936. The molecular weight excluding hydrogens is 334 g/mol. The lowest BCUT2D eigenvalue weighted by Crippen LogP contribution is -2.31. The molecular formula is C18H15N5OS. The Bertz CT molecular complexity index is 1010. The summed E-state index contributed by atoms with van der Waals surface area (Å²) in [4.78, 5) is 17.3. The molecule has 1 atom stereocenters. The van der Waals surface area contributed by atoms with E-state index in [4.69, 9.17) is 4.98 Å². The van der Waals surface area contributed by atoms with Gasteiger partial charge >= 0.3 is 0 Å². The highest BCUT2D eigenvalue weighted by atomic mass is 32.1. The molecule has 25 heavy (non-hydrogen) atoms. The zero-order valence-corrected chi connectivity index (χ0v) is 14.3. The van der Waals surface area contributed by atoms with E-state index in [2.05, 4.69) is 14.9 Å². The van der Waals surface area contributed by atoms with Crippen LogP contribution in [0.1, 0.15) is 27.9 Å². The highest BCUT2D eigenvalue weighted by molar-refractivity contribution is 7.03. The number of hydrogen-bond acceptors (Lipinski definition) is 5. The molecule has 0 fully saturated rings. The Hall–Kier alpha value is -3.06. The van der Waals surface area contributed by atoms with E-state index in [0.29, 0.717) is 5.69 Å². The summed E-state index contributed by atoms with van der Waals surface area (Å²) in [5.41, 5.74) is 3.18. The van der Waals surface area contributed by atoms with Crippen LogP contribution in [0.4, 0.5) is 0 Å². The van der Waals surface area contributed by atoms with Crippen molar-refractivity contribution in [3.63, 3.8) is 0 Å². The molecule has 0 unspecified atom stereocenters. The number of hydrogen-bond donors (Lipinski definition) is 1. The molecule has 0 bridgehead atoms. The van der Waals surface area contributed by atoms with Crippen molar-refractivity contribution < 1.29 is 4.79 Å². The van der Waals surface area contributed by atoms with Crippen LogP contribution in [0.15, 0.2) is 60.0 Å². The number of amides is 1. The number of nitrogens with one attached hydrogen (secondary N) is 1. The second-order valence-corrected chi connectivity index (χ2v) is 6.23. The lowest BCUT2D eigenvalue weighted by Gasteiger charge is -2.18. The number of carbonyl (C=O) groups is 1. The Morgan fingerprint density at radius 3 is 2.60 bits per heavy atom. The van der Waals surface area contributed by atoms with Crippen molar-refractivity contribution in [2.75, 3.05) is 0 Å². The molecule has 0 spiro atoms. The normalized spacial score (nSPS) is 12.2. The summed E-state index contributed by atoms with van der Waals surface area (Å²) in [6.45, 7) is 0. The minimum atomic E-state index is -0.382. The molecule has 4 rings (SSSR count). The minimum Gasteiger partial charge on any atom is -0.337 e. The summed E-state index contributed by atoms with van der Waals surface area (Å²) in [6.07, 6.45) is 0. The van der Waals surface area contributed by atoms with Crippen molar-refractivity contribution in [2.24, 2.45) is 7.05 Å². The molecule has 6 nitrogen and oxygen atoms in total. The van der Waals surface area contributed by atoms with Gasteiger partial charge in [0.15, 0.2) is 5.69 Å². The molecule has 0 aliphatic rings. The van der Waals surface area contributed by atoms with E-state index in [-0.39, 0.29) is 11.9 Å². The molecule has 2 aromatic heterocycles. The topological polar surface area (TPSA) is 72.7 Å². The fourth-order valence-corrected chi connectivity index (χ4v) is 3.27. The lowest BCUT2D eigenvalue weighted by atomic mass is 10.1. The third-order valence-corrected chi connectivity index (χ3v) is 4.59. The molecule has 2 heterocycles. The number of aryl methyl sites for hydroxylation is 1. The van der Waals surface area contributed by atoms with Crippen molar-refractivity contribution in [2.45, 2.75) is 6.04 Å². The Morgan fingerprint density at radius 2 is 1.88 bits per heavy atom. The molecule has 4 aromatic rings. The van der Waals surface area contributed by atoms with Gasteiger partial charge in [0, 0.05) is 12.4 Å². The number of carbonyl (C=O) groups excluding carboxylic acids is 1. The average Bonchev–Trinajstić information content (AvgIpc) is 3.29. The molecule has 1 amide bonds. The molecule has 0 aliphatic heterocycles. The Labute approximate surface area is 148 Å². The van der Waals surface area contributed by atoms with Crippen molar-refractivity contribution in [1.29, 1.82) is 0 Å². The molecule has 2 aromatic carbocycles. The van der Waals surface area contributed by atoms with E-state index in [1.807, 2.05) is 66.2 Å². The van der Waals surface area contributed by atoms with Gasteiger partial charge in [-0.3, -0.25) is 4.79 Å². The van der Waals surface area contributed by atoms with Crippen molar-refractivity contribution in [1.82, 2.24) is 24.5 Å². The maximum atomic E-state index is 12.5. The summed E-state index contributed by atoms with van der Waals surface area (Å²) in [5, 5.41) is 8.52. The predicted octanol–water partition coefficient (Wildman–Crippen LogP) is 2.94. The number of fused-ring (bicyclic) bond motifs is 1. The first-order chi connectivity index (χ1) is 12.2. The standard InChI is InChI=1S/C18H15N5OS/c1-23-15-10-6-5-9-13(15)19-17(23)16(12-7-3-2-4-8-12)20-18(24)14-11-25-22-21-14/h2-11,16H,1H3,(H,20,24)/t16-/m0/s1. The van der Waals surface area contributed by atoms with E-state index >= 15 is 0 Å². The van der Waals surface area contributed by atoms with E-state index in [0.717, 1.165) is 34.0 Å². The number of para-hydroxylation sites is 2. The van der Waals surface area contributed by atoms with Crippen LogP contribution in [-0.4, -0.2) is 25.0 Å². The number of nitrogens with zero attached hydrogens (tertiary/aromatic N) is 4. The van der Waals surface area contributed by atoms with Gasteiger partial charge in [0.05, 0.1) is 11.0 Å². The first-order valence-corrected chi connectivity index (χ1v) is 8.62. The predicted molar refractivity (Wildman–Crippen MR) is 96.4 cm³/mol. The summed E-state index contributed by atoms with van der Waals surface area (Å²) < 4.78 is 5.76. The molecule has 1 N–H and O–H groups in total. The van der Waals surface area contributed by atoms with Crippen LogP contribution in [0.5, 0.6) is 0 Å². The SMILES string of the molecule is Cn1c([C@@H](NC(=O)c2csnn2)c2ccccc2)nc2ccccc21. The smallest absolute Gasteiger partial charge is 0.273 e. The van der Waals surface area contributed by atoms with E-state index in [1.54, 1.807) is 5.38 Å². The van der Waals surface area contributed by atoms with Crippen LogP contribution >= 0.6 is 11.5 Å². The van der Waals surface area contributed by atoms with Gasteiger partial charge in [0.1, 0.15) is 11.9 Å². The maximum absolute atomic E-state index is 12.5. The molecule has 7 heteroatoms. The maximum Gasteiger partial charge on any atom is 0.273 e. The highest BCUT2D eigenvalue weighted by Gasteiger charge is 2.23. The molecule has 124 valence electrons. The molecule has 0 radical (unpaired) electrons. The van der Waals surface area contributed by atoms with Gasteiger partial charge in [-0.25, -0.2) is 4.98 Å². The van der Waals surface area contributed by atoms with Gasteiger partial charge < -0.3 is 9.88 Å². The molecule has 0 saturated heterocycles. The second-order valence-electron chi connectivity index (χ2n) is 5.63. The summed E-state index contributed by atoms with van der Waals surface area (Å²) >= 11 is 1.15. The van der Waals surface area contributed by atoms with Gasteiger partial charge in [-0.05, 0) is 29.2 Å². The fraction of sp³-hybridized carbons (Fsp3) is 0.111. The van der Waals surface area contributed by atoms with Gasteiger partial charge in [-0.1, -0.05) is 47.0 Å². The third-order valence-electron chi connectivity index (χ3n) is 4.08. The first kappa shape index (κ1) is 15.5. The Balaban J connectivity index is 1.79. The van der Waals surface area contributed by atoms with Gasteiger partial charge in [0.2, 0.25) is 0 Å². The van der Waals surface area contributed by atoms with E-state index in [9.17, 15) is 4.79 Å². The van der Waals surface area contributed by atoms with Crippen LogP contribution < -0.4 is 5.32 Å². The van der Waals surface area contributed by atoms with Crippen LogP contribution in [0.25, 0.3) is 11.0 Å². The van der Waals surface area contributed by atoms with E-state index < -0.39 is 0 Å². The number of benzene rings is 2. The van der Waals surface area contributed by atoms with Gasteiger partial charge in [-0.2, -0.15) is 0 Å². The Kier molecular flexibility index (Phi) is 3.99. The van der Waals surface area contributed by atoms with Gasteiger partial charge in [-0.15, -0.1) is 5.10 Å².